The molecule has 0 fully saturated rings. The number of nitrogens with two attached hydrogens (primary N) is 1. The average Bonchev–Trinajstić information content (AvgIpc) is 2.93. The molecule has 0 aliphatic rings. The van der Waals surface area contributed by atoms with Crippen molar-refractivity contribution in [1.82, 2.24) is 9.78 Å². The van der Waals surface area contributed by atoms with Crippen LogP contribution >= 0.6 is 11.8 Å². The summed E-state index contributed by atoms with van der Waals surface area (Å²) in [6, 6.07) is 8.98. The summed E-state index contributed by atoms with van der Waals surface area (Å²) in [5.41, 5.74) is 7.51. The Labute approximate surface area is 122 Å². The number of thioether (sulfide) groups is 1. The van der Waals surface area contributed by atoms with Crippen molar-refractivity contribution in [3.05, 3.63) is 42.2 Å². The van der Waals surface area contributed by atoms with Crippen LogP contribution in [0.2, 0.25) is 0 Å². The minimum absolute atomic E-state index is 0.289. The third-order valence-corrected chi connectivity index (χ3v) is 3.40. The van der Waals surface area contributed by atoms with Gasteiger partial charge in [0.2, 0.25) is 0 Å². The molecule has 1 heterocycles. The van der Waals surface area contributed by atoms with E-state index in [-0.39, 0.29) is 5.69 Å². The first kappa shape index (κ1) is 14.5. The lowest BCUT2D eigenvalue weighted by atomic mass is 10.3. The van der Waals surface area contributed by atoms with Crippen molar-refractivity contribution in [1.29, 1.82) is 0 Å². The second kappa shape index (κ2) is 7.00. The van der Waals surface area contributed by atoms with E-state index in [0.717, 1.165) is 17.9 Å². The van der Waals surface area contributed by atoms with Crippen LogP contribution in [0.15, 0.2) is 36.5 Å². The Hall–Kier alpha value is -1.95. The number of hydrogen-bond acceptors (Lipinski definition) is 5. The third-order valence-electron chi connectivity index (χ3n) is 2.71. The highest BCUT2D eigenvalue weighted by Crippen LogP contribution is 2.15. The molecule has 0 bridgehead atoms. The summed E-state index contributed by atoms with van der Waals surface area (Å²) in [5, 5.41) is 4.20. The van der Waals surface area contributed by atoms with Crippen molar-refractivity contribution in [2.24, 2.45) is 0 Å². The molecule has 0 saturated carbocycles. The minimum atomic E-state index is -0.403. The van der Waals surface area contributed by atoms with Gasteiger partial charge in [-0.2, -0.15) is 16.9 Å². The summed E-state index contributed by atoms with van der Waals surface area (Å²) in [5.74, 6) is 0.571. The zero-order valence-corrected chi connectivity index (χ0v) is 12.1. The van der Waals surface area contributed by atoms with Gasteiger partial charge < -0.3 is 10.5 Å². The van der Waals surface area contributed by atoms with E-state index in [4.69, 9.17) is 10.5 Å². The summed E-state index contributed by atoms with van der Waals surface area (Å²) in [7, 11) is 0. The van der Waals surface area contributed by atoms with Crippen molar-refractivity contribution in [3.63, 3.8) is 0 Å². The van der Waals surface area contributed by atoms with Crippen molar-refractivity contribution in [2.45, 2.75) is 6.42 Å². The first-order valence-electron chi connectivity index (χ1n) is 6.29. The molecule has 0 aliphatic heterocycles. The van der Waals surface area contributed by atoms with Gasteiger partial charge in [0.15, 0.2) is 5.69 Å². The topological polar surface area (TPSA) is 70.1 Å². The van der Waals surface area contributed by atoms with E-state index in [1.807, 2.05) is 24.5 Å². The van der Waals surface area contributed by atoms with Crippen LogP contribution in [-0.4, -0.2) is 34.4 Å². The highest BCUT2D eigenvalue weighted by molar-refractivity contribution is 7.98. The number of carbonyl (C=O) groups is 1. The predicted molar refractivity (Wildman–Crippen MR) is 81.3 cm³/mol. The number of esters is 1. The van der Waals surface area contributed by atoms with Crippen LogP contribution in [0.4, 0.5) is 5.69 Å². The maximum atomic E-state index is 11.8. The van der Waals surface area contributed by atoms with Gasteiger partial charge in [-0.3, -0.25) is 0 Å². The zero-order chi connectivity index (χ0) is 14.4. The number of nitrogens with zero attached hydrogens (tertiary/aromatic N) is 2. The number of aromatic nitrogens is 2. The number of ether oxygens (including phenoxy) is 1. The lowest BCUT2D eigenvalue weighted by Crippen LogP contribution is -2.09. The van der Waals surface area contributed by atoms with Crippen molar-refractivity contribution in [2.75, 3.05) is 24.3 Å². The minimum Gasteiger partial charge on any atom is -0.461 e. The van der Waals surface area contributed by atoms with Gasteiger partial charge in [0, 0.05) is 6.20 Å². The Morgan fingerprint density at radius 3 is 2.95 bits per heavy atom. The number of benzene rings is 1. The molecule has 20 heavy (non-hydrogen) atoms. The van der Waals surface area contributed by atoms with Gasteiger partial charge in [0.05, 0.1) is 18.0 Å². The largest absolute Gasteiger partial charge is 0.461 e. The molecule has 0 amide bonds. The van der Waals surface area contributed by atoms with E-state index in [1.54, 1.807) is 34.8 Å². The third kappa shape index (κ3) is 3.54. The summed E-state index contributed by atoms with van der Waals surface area (Å²) in [6.07, 6.45) is 4.57. The summed E-state index contributed by atoms with van der Waals surface area (Å²) in [4.78, 5) is 11.8. The lowest BCUT2D eigenvalue weighted by molar-refractivity contribution is 0.0499. The molecule has 5 nitrogen and oxygen atoms in total. The molecule has 2 rings (SSSR count). The molecule has 0 spiro atoms. The monoisotopic (exact) mass is 291 g/mol. The van der Waals surface area contributed by atoms with E-state index in [0.29, 0.717) is 12.3 Å². The molecule has 0 unspecified atom stereocenters. The number of nitrogen functional groups attached to an aromatic ring is 1. The normalized spacial score (nSPS) is 10.4. The fraction of sp³-hybridized carbons (Fsp3) is 0.286. The van der Waals surface area contributed by atoms with Gasteiger partial charge in [-0.05, 0) is 36.6 Å². The van der Waals surface area contributed by atoms with Crippen LogP contribution in [0.1, 0.15) is 16.9 Å². The highest BCUT2D eigenvalue weighted by atomic mass is 32.2. The molecule has 6 heteroatoms. The SMILES string of the molecule is CSCCCOC(=O)c1ccn(-c2ccccc2N)n1. The molecule has 0 atom stereocenters. The molecule has 0 aliphatic carbocycles. The Kier molecular flexibility index (Phi) is 5.06. The lowest BCUT2D eigenvalue weighted by Gasteiger charge is -2.04. The summed E-state index contributed by atoms with van der Waals surface area (Å²) >= 11 is 1.73. The number of carbonyl (C=O) groups excluding carboxylic acids is 1. The van der Waals surface area contributed by atoms with E-state index < -0.39 is 5.97 Å². The predicted octanol–water partition coefficient (Wildman–Crippen LogP) is 2.36. The standard InChI is InChI=1S/C14H17N3O2S/c1-20-10-4-9-19-14(18)12-7-8-17(16-12)13-6-3-2-5-11(13)15/h2-3,5-8H,4,9-10,15H2,1H3. The maximum Gasteiger partial charge on any atom is 0.358 e. The molecule has 106 valence electrons. The van der Waals surface area contributed by atoms with Crippen molar-refractivity contribution < 1.29 is 9.53 Å². The quantitative estimate of drug-likeness (QED) is 0.502. The Balaban J connectivity index is 2.02. The molecule has 1 aromatic heterocycles. The van der Waals surface area contributed by atoms with Crippen LogP contribution in [0, 0.1) is 0 Å². The highest BCUT2D eigenvalue weighted by Gasteiger charge is 2.12. The van der Waals surface area contributed by atoms with Gasteiger partial charge in [0.1, 0.15) is 0 Å². The molecular formula is C14H17N3O2S. The number of anilines is 1. The fourth-order valence-electron chi connectivity index (χ4n) is 1.71. The molecule has 0 saturated heterocycles. The van der Waals surface area contributed by atoms with Crippen LogP contribution in [-0.2, 0) is 4.74 Å². The maximum absolute atomic E-state index is 11.8. The smallest absolute Gasteiger partial charge is 0.358 e. The van der Waals surface area contributed by atoms with Crippen molar-refractivity contribution in [3.8, 4) is 5.69 Å². The van der Waals surface area contributed by atoms with Crippen LogP contribution in [0.25, 0.3) is 5.69 Å². The second-order valence-electron chi connectivity index (χ2n) is 4.19. The molecular weight excluding hydrogens is 274 g/mol. The zero-order valence-electron chi connectivity index (χ0n) is 11.3. The first-order chi connectivity index (χ1) is 9.72. The molecule has 0 radical (unpaired) electrons. The Bertz CT molecular complexity index is 583. The van der Waals surface area contributed by atoms with E-state index >= 15 is 0 Å². The molecule has 2 N–H and O–H groups in total. The summed E-state index contributed by atoms with van der Waals surface area (Å²) < 4.78 is 6.73. The van der Waals surface area contributed by atoms with Gasteiger partial charge >= 0.3 is 5.97 Å². The molecule has 2 aromatic rings. The van der Waals surface area contributed by atoms with E-state index in [9.17, 15) is 4.79 Å². The van der Waals surface area contributed by atoms with Crippen LogP contribution < -0.4 is 5.73 Å². The van der Waals surface area contributed by atoms with Gasteiger partial charge in [0.25, 0.3) is 0 Å². The van der Waals surface area contributed by atoms with Crippen LogP contribution in [0.3, 0.4) is 0 Å². The number of hydrogen-bond donors (Lipinski definition) is 1. The molecule has 1 aromatic carbocycles. The van der Waals surface area contributed by atoms with Gasteiger partial charge in [-0.25, -0.2) is 9.48 Å². The first-order valence-corrected chi connectivity index (χ1v) is 7.68. The van der Waals surface area contributed by atoms with Gasteiger partial charge in [-0.15, -0.1) is 0 Å². The van der Waals surface area contributed by atoms with E-state index in [1.165, 1.54) is 0 Å². The number of para-hydroxylation sites is 2. The summed E-state index contributed by atoms with van der Waals surface area (Å²) in [6.45, 7) is 0.417. The van der Waals surface area contributed by atoms with Crippen LogP contribution in [0.5, 0.6) is 0 Å². The Morgan fingerprint density at radius 1 is 1.40 bits per heavy atom. The fourth-order valence-corrected chi connectivity index (χ4v) is 2.11. The second-order valence-corrected chi connectivity index (χ2v) is 5.17. The Morgan fingerprint density at radius 2 is 2.20 bits per heavy atom. The van der Waals surface area contributed by atoms with Gasteiger partial charge in [-0.1, -0.05) is 12.1 Å². The van der Waals surface area contributed by atoms with Crippen molar-refractivity contribution >= 4 is 23.4 Å². The number of rotatable bonds is 6. The van der Waals surface area contributed by atoms with E-state index in [2.05, 4.69) is 5.10 Å². The average molecular weight is 291 g/mol.